The third-order valence-electron chi connectivity index (χ3n) is 3.49. The van der Waals surface area contributed by atoms with E-state index < -0.39 is 0 Å². The molecule has 0 radical (unpaired) electrons. The van der Waals surface area contributed by atoms with E-state index in [9.17, 15) is 4.79 Å². The predicted octanol–water partition coefficient (Wildman–Crippen LogP) is 1.93. The number of ketones is 1. The van der Waals surface area contributed by atoms with Gasteiger partial charge >= 0.3 is 0 Å². The Kier molecular flexibility index (Phi) is 3.25. The average molecular weight is 259 g/mol. The van der Waals surface area contributed by atoms with Crippen molar-refractivity contribution in [1.29, 1.82) is 0 Å². The highest BCUT2D eigenvalue weighted by atomic mass is 16.5. The first kappa shape index (κ1) is 12.2. The highest BCUT2D eigenvalue weighted by Crippen LogP contribution is 2.32. The molecule has 2 atom stereocenters. The molecule has 4 heteroatoms. The second-order valence-electron chi connectivity index (χ2n) is 4.97. The summed E-state index contributed by atoms with van der Waals surface area (Å²) in [6.45, 7) is 1.28. The van der Waals surface area contributed by atoms with E-state index in [2.05, 4.69) is 0 Å². The summed E-state index contributed by atoms with van der Waals surface area (Å²) in [4.78, 5) is 12.4. The van der Waals surface area contributed by atoms with Crippen LogP contribution in [0.3, 0.4) is 0 Å². The van der Waals surface area contributed by atoms with E-state index in [0.29, 0.717) is 36.7 Å². The van der Waals surface area contributed by atoms with Crippen LogP contribution in [0.5, 0.6) is 11.5 Å². The highest BCUT2D eigenvalue weighted by molar-refractivity contribution is 5.99. The molecule has 0 amide bonds. The molecule has 0 fully saturated rings. The molecular weight excluding hydrogens is 242 g/mol. The number of allylic oxidation sites excluding steroid dienone is 1. The normalized spacial score (nSPS) is 25.1. The first-order chi connectivity index (χ1) is 9.24. The van der Waals surface area contributed by atoms with Crippen molar-refractivity contribution >= 4 is 5.78 Å². The van der Waals surface area contributed by atoms with Crippen LogP contribution in [0.15, 0.2) is 30.4 Å². The topological polar surface area (TPSA) is 61.6 Å². The highest BCUT2D eigenvalue weighted by Gasteiger charge is 2.24. The smallest absolute Gasteiger partial charge is 0.169 e. The summed E-state index contributed by atoms with van der Waals surface area (Å²) < 4.78 is 11.2. The van der Waals surface area contributed by atoms with E-state index >= 15 is 0 Å². The molecule has 0 saturated heterocycles. The third-order valence-corrected chi connectivity index (χ3v) is 3.49. The second kappa shape index (κ2) is 5.05. The van der Waals surface area contributed by atoms with Crippen LogP contribution in [0.4, 0.5) is 0 Å². The van der Waals surface area contributed by atoms with Crippen molar-refractivity contribution < 1.29 is 14.3 Å². The number of nitrogens with two attached hydrogens (primary N) is 1. The lowest BCUT2D eigenvalue weighted by molar-refractivity contribution is 0.0942. The fraction of sp³-hybridized carbons (Fsp3) is 0.400. The van der Waals surface area contributed by atoms with Crippen molar-refractivity contribution in [2.24, 2.45) is 11.7 Å². The van der Waals surface area contributed by atoms with E-state index in [-0.39, 0.29) is 17.7 Å². The first-order valence-electron chi connectivity index (χ1n) is 6.62. The van der Waals surface area contributed by atoms with Gasteiger partial charge in [-0.1, -0.05) is 12.2 Å². The minimum atomic E-state index is -0.111. The standard InChI is InChI=1S/C15H17NO3/c16-12-4-2-10(8-12)15(17)11-3-5-13-14(9-11)19-7-1-6-18-13/h2-5,9-10,12H,1,6-8,16H2. The molecule has 1 aromatic carbocycles. The molecule has 2 aliphatic rings. The number of hydrogen-bond donors (Lipinski definition) is 1. The SMILES string of the molecule is NC1C=CC(C(=O)c2ccc3c(c2)OCCCO3)C1. The van der Waals surface area contributed by atoms with E-state index in [1.165, 1.54) is 0 Å². The Morgan fingerprint density at radius 2 is 1.95 bits per heavy atom. The van der Waals surface area contributed by atoms with Gasteiger partial charge in [0.1, 0.15) is 0 Å². The van der Waals surface area contributed by atoms with Crippen molar-refractivity contribution in [1.82, 2.24) is 0 Å². The zero-order valence-corrected chi connectivity index (χ0v) is 10.7. The number of Topliss-reactive ketones (excluding diaryl/α,β-unsaturated/α-hetero) is 1. The van der Waals surface area contributed by atoms with Crippen LogP contribution in [0.1, 0.15) is 23.2 Å². The van der Waals surface area contributed by atoms with Gasteiger partial charge in [-0.2, -0.15) is 0 Å². The quantitative estimate of drug-likeness (QED) is 0.651. The minimum Gasteiger partial charge on any atom is -0.490 e. The number of benzene rings is 1. The summed E-state index contributed by atoms with van der Waals surface area (Å²) in [5.41, 5.74) is 6.45. The Hall–Kier alpha value is -1.81. The summed E-state index contributed by atoms with van der Waals surface area (Å²) in [7, 11) is 0. The lowest BCUT2D eigenvalue weighted by atomic mass is 9.96. The van der Waals surface area contributed by atoms with Crippen molar-refractivity contribution in [3.8, 4) is 11.5 Å². The van der Waals surface area contributed by atoms with Crippen LogP contribution in [-0.4, -0.2) is 25.0 Å². The van der Waals surface area contributed by atoms with Crippen LogP contribution in [0, 0.1) is 5.92 Å². The van der Waals surface area contributed by atoms with E-state index in [4.69, 9.17) is 15.2 Å². The minimum absolute atomic E-state index is 0.00522. The van der Waals surface area contributed by atoms with Gasteiger partial charge in [0.2, 0.25) is 0 Å². The summed E-state index contributed by atoms with van der Waals surface area (Å²) >= 11 is 0. The van der Waals surface area contributed by atoms with Crippen LogP contribution in [-0.2, 0) is 0 Å². The van der Waals surface area contributed by atoms with E-state index in [1.807, 2.05) is 18.2 Å². The van der Waals surface area contributed by atoms with Crippen molar-refractivity contribution in [3.05, 3.63) is 35.9 Å². The molecule has 1 aromatic rings. The Morgan fingerprint density at radius 3 is 2.68 bits per heavy atom. The van der Waals surface area contributed by atoms with Crippen molar-refractivity contribution in [2.45, 2.75) is 18.9 Å². The van der Waals surface area contributed by atoms with Crippen molar-refractivity contribution in [3.63, 3.8) is 0 Å². The van der Waals surface area contributed by atoms with Crippen LogP contribution in [0.2, 0.25) is 0 Å². The van der Waals surface area contributed by atoms with Crippen molar-refractivity contribution in [2.75, 3.05) is 13.2 Å². The fourth-order valence-electron chi connectivity index (χ4n) is 2.45. The van der Waals surface area contributed by atoms with E-state index in [0.717, 1.165) is 6.42 Å². The Labute approximate surface area is 112 Å². The van der Waals surface area contributed by atoms with Crippen LogP contribution in [0.25, 0.3) is 0 Å². The molecule has 0 bridgehead atoms. The monoisotopic (exact) mass is 259 g/mol. The van der Waals surface area contributed by atoms with Gasteiger partial charge in [-0.15, -0.1) is 0 Å². The summed E-state index contributed by atoms with van der Waals surface area (Å²) in [6.07, 6.45) is 5.34. The number of hydrogen-bond acceptors (Lipinski definition) is 4. The summed E-state index contributed by atoms with van der Waals surface area (Å²) in [6, 6.07) is 5.38. The fourth-order valence-corrected chi connectivity index (χ4v) is 2.45. The molecule has 1 aliphatic carbocycles. The van der Waals surface area contributed by atoms with Gasteiger partial charge in [-0.3, -0.25) is 4.79 Å². The number of fused-ring (bicyclic) bond motifs is 1. The largest absolute Gasteiger partial charge is 0.490 e. The van der Waals surface area contributed by atoms with Gasteiger partial charge < -0.3 is 15.2 Å². The van der Waals surface area contributed by atoms with Gasteiger partial charge in [-0.25, -0.2) is 0 Å². The lowest BCUT2D eigenvalue weighted by Crippen LogP contribution is -2.19. The Morgan fingerprint density at radius 1 is 1.16 bits per heavy atom. The first-order valence-corrected chi connectivity index (χ1v) is 6.62. The molecule has 1 heterocycles. The van der Waals surface area contributed by atoms with Gasteiger partial charge in [0.25, 0.3) is 0 Å². The number of ether oxygens (including phenoxy) is 2. The Balaban J connectivity index is 1.83. The molecule has 0 saturated carbocycles. The molecular formula is C15H17NO3. The van der Waals surface area contributed by atoms with Gasteiger partial charge in [-0.05, 0) is 24.6 Å². The third kappa shape index (κ3) is 2.49. The predicted molar refractivity (Wildman–Crippen MR) is 71.6 cm³/mol. The number of rotatable bonds is 2. The molecule has 100 valence electrons. The summed E-state index contributed by atoms with van der Waals surface area (Å²) in [5.74, 6) is 1.36. The molecule has 2 N–H and O–H groups in total. The maximum atomic E-state index is 12.4. The zero-order valence-electron chi connectivity index (χ0n) is 10.7. The van der Waals surface area contributed by atoms with Gasteiger partial charge in [0.15, 0.2) is 17.3 Å². The maximum Gasteiger partial charge on any atom is 0.169 e. The van der Waals surface area contributed by atoms with Crippen LogP contribution < -0.4 is 15.2 Å². The maximum absolute atomic E-state index is 12.4. The average Bonchev–Trinajstić information content (AvgIpc) is 2.72. The van der Waals surface area contributed by atoms with Gasteiger partial charge in [0.05, 0.1) is 13.2 Å². The molecule has 4 nitrogen and oxygen atoms in total. The molecule has 1 aliphatic heterocycles. The lowest BCUT2D eigenvalue weighted by Gasteiger charge is -2.11. The van der Waals surface area contributed by atoms with E-state index in [1.54, 1.807) is 12.1 Å². The summed E-state index contributed by atoms with van der Waals surface area (Å²) in [5, 5.41) is 0. The molecule has 19 heavy (non-hydrogen) atoms. The van der Waals surface area contributed by atoms with Crippen LogP contribution >= 0.6 is 0 Å². The molecule has 0 aromatic heterocycles. The van der Waals surface area contributed by atoms with Gasteiger partial charge in [0, 0.05) is 23.9 Å². The number of carbonyl (C=O) groups is 1. The molecule has 3 rings (SSSR count). The molecule has 0 spiro atoms. The zero-order chi connectivity index (χ0) is 13.2. The Bertz CT molecular complexity index is 524. The number of carbonyl (C=O) groups excluding carboxylic acids is 1. The second-order valence-corrected chi connectivity index (χ2v) is 4.97. The molecule has 2 unspecified atom stereocenters.